The second kappa shape index (κ2) is 15.3. The van der Waals surface area contributed by atoms with Crippen LogP contribution < -0.4 is 15.9 Å². The van der Waals surface area contributed by atoms with Crippen LogP contribution in [-0.2, 0) is 13.6 Å². The highest BCUT2D eigenvalue weighted by atomic mass is 31.2. The molecule has 0 saturated carbocycles. The van der Waals surface area contributed by atoms with Crippen LogP contribution in [0.15, 0.2) is 91.0 Å². The molecule has 0 aliphatic rings. The third-order valence-corrected chi connectivity index (χ3v) is 24.0. The van der Waals surface area contributed by atoms with E-state index in [0.717, 1.165) is 31.7 Å². The minimum absolute atomic E-state index is 0.0206. The molecule has 246 valence electrons. The van der Waals surface area contributed by atoms with E-state index < -0.39 is 23.9 Å². The summed E-state index contributed by atoms with van der Waals surface area (Å²) >= 11 is 0. The molecule has 0 bridgehead atoms. The largest absolute Gasteiger partial charge is 0.414 e. The van der Waals surface area contributed by atoms with Crippen molar-refractivity contribution in [3.05, 3.63) is 91.0 Å². The van der Waals surface area contributed by atoms with Crippen molar-refractivity contribution in [2.45, 2.75) is 116 Å². The molecule has 0 amide bonds. The van der Waals surface area contributed by atoms with Gasteiger partial charge in [-0.25, -0.2) is 0 Å². The fraction of sp³-hybridized carbons (Fsp3) is 0.513. The molecule has 3 atom stereocenters. The molecule has 3 aromatic rings. The molecule has 0 radical (unpaired) electrons. The van der Waals surface area contributed by atoms with Gasteiger partial charge in [0.2, 0.25) is 0 Å². The fourth-order valence-electron chi connectivity index (χ4n) is 5.53. The SMILES string of the molecule is C[C@H](C=O)[C@@H](C[C@@H](CCC[P+](c1ccccc1)(c1ccccc1)c1ccccc1)O[Si](C)(C)C(C)(C)C)O[Si](C)(C)C(C)(C)C. The van der Waals surface area contributed by atoms with Crippen LogP contribution in [0.5, 0.6) is 0 Å². The number of hydrogen-bond acceptors (Lipinski definition) is 3. The molecule has 0 unspecified atom stereocenters. The first-order valence-electron chi connectivity index (χ1n) is 16.8. The molecule has 0 spiro atoms. The zero-order valence-electron chi connectivity index (χ0n) is 30.0. The van der Waals surface area contributed by atoms with Gasteiger partial charge in [-0.2, -0.15) is 0 Å². The third kappa shape index (κ3) is 9.35. The molecule has 6 heteroatoms. The van der Waals surface area contributed by atoms with Crippen molar-refractivity contribution in [1.82, 2.24) is 0 Å². The van der Waals surface area contributed by atoms with Crippen LogP contribution in [0.3, 0.4) is 0 Å². The Balaban J connectivity index is 2.03. The summed E-state index contributed by atoms with van der Waals surface area (Å²) in [6.45, 7) is 25.0. The van der Waals surface area contributed by atoms with Crippen molar-refractivity contribution in [2.75, 3.05) is 6.16 Å². The van der Waals surface area contributed by atoms with Gasteiger partial charge in [0.1, 0.15) is 29.5 Å². The van der Waals surface area contributed by atoms with Gasteiger partial charge < -0.3 is 13.6 Å². The Morgan fingerprint density at radius 1 is 0.667 bits per heavy atom. The average molecular weight is 664 g/mol. The Morgan fingerprint density at radius 2 is 1.04 bits per heavy atom. The molecule has 0 saturated heterocycles. The van der Waals surface area contributed by atoms with Gasteiger partial charge in [-0.05, 0) is 91.9 Å². The topological polar surface area (TPSA) is 35.5 Å². The van der Waals surface area contributed by atoms with E-state index in [0.29, 0.717) is 0 Å². The molecular weight excluding hydrogens is 604 g/mol. The van der Waals surface area contributed by atoms with Crippen LogP contribution in [-0.4, -0.2) is 41.3 Å². The zero-order valence-corrected chi connectivity index (χ0v) is 32.9. The summed E-state index contributed by atoms with van der Waals surface area (Å²) in [6.07, 6.45) is 4.70. The Kier molecular flexibility index (Phi) is 12.8. The minimum atomic E-state index is -2.10. The summed E-state index contributed by atoms with van der Waals surface area (Å²) in [4.78, 5) is 12.2. The van der Waals surface area contributed by atoms with Gasteiger partial charge >= 0.3 is 0 Å². The Hall–Kier alpha value is -1.89. The molecule has 3 aromatic carbocycles. The summed E-state index contributed by atoms with van der Waals surface area (Å²) in [7, 11) is -6.12. The van der Waals surface area contributed by atoms with E-state index in [1.54, 1.807) is 0 Å². The Labute approximate surface area is 278 Å². The predicted octanol–water partition coefficient (Wildman–Crippen LogP) is 9.77. The van der Waals surface area contributed by atoms with Crippen LogP contribution in [0.2, 0.25) is 36.3 Å². The molecule has 0 fully saturated rings. The van der Waals surface area contributed by atoms with Crippen LogP contribution >= 0.6 is 7.26 Å². The molecule has 3 rings (SSSR count). The number of aldehydes is 1. The maximum Gasteiger partial charge on any atom is 0.192 e. The van der Waals surface area contributed by atoms with E-state index in [4.69, 9.17) is 8.85 Å². The lowest BCUT2D eigenvalue weighted by Crippen LogP contribution is -2.48. The summed E-state index contributed by atoms with van der Waals surface area (Å²) in [5, 5.41) is 4.40. The number of hydrogen-bond donors (Lipinski definition) is 0. The summed E-state index contributed by atoms with van der Waals surface area (Å²) in [5.41, 5.74) is 0. The molecule has 0 aliphatic heterocycles. The Bertz CT molecular complexity index is 1220. The number of benzene rings is 3. The molecular formula is C39H60O3PSi2+. The molecule has 0 N–H and O–H groups in total. The minimum Gasteiger partial charge on any atom is -0.414 e. The van der Waals surface area contributed by atoms with Crippen LogP contribution in [0, 0.1) is 5.92 Å². The van der Waals surface area contributed by atoms with Crippen LogP contribution in [0.25, 0.3) is 0 Å². The number of rotatable bonds is 15. The van der Waals surface area contributed by atoms with E-state index in [1.165, 1.54) is 15.9 Å². The van der Waals surface area contributed by atoms with Crippen molar-refractivity contribution in [1.29, 1.82) is 0 Å². The lowest BCUT2D eigenvalue weighted by molar-refractivity contribution is -0.113. The van der Waals surface area contributed by atoms with Gasteiger partial charge in [-0.3, -0.25) is 0 Å². The first-order chi connectivity index (χ1) is 20.9. The molecule has 3 nitrogen and oxygen atoms in total. The van der Waals surface area contributed by atoms with Gasteiger partial charge in [0.05, 0.1) is 12.3 Å². The van der Waals surface area contributed by atoms with Crippen molar-refractivity contribution < 1.29 is 13.6 Å². The van der Waals surface area contributed by atoms with Gasteiger partial charge in [-0.1, -0.05) is 103 Å². The van der Waals surface area contributed by atoms with Crippen molar-refractivity contribution in [3.8, 4) is 0 Å². The first kappa shape index (κ1) is 37.6. The number of carbonyl (C=O) groups excluding carboxylic acids is 1. The van der Waals surface area contributed by atoms with E-state index in [1.807, 2.05) is 6.92 Å². The molecule has 45 heavy (non-hydrogen) atoms. The molecule has 0 aromatic heterocycles. The van der Waals surface area contributed by atoms with Gasteiger partial charge in [0, 0.05) is 12.0 Å². The lowest BCUT2D eigenvalue weighted by Gasteiger charge is -2.43. The highest BCUT2D eigenvalue weighted by Gasteiger charge is 2.46. The maximum atomic E-state index is 12.2. The summed E-state index contributed by atoms with van der Waals surface area (Å²) < 4.78 is 14.2. The molecule has 0 heterocycles. The average Bonchev–Trinajstić information content (AvgIpc) is 2.98. The standard InChI is InChI=1S/C39H60O3PSi2/c1-32(31-40)37(42-45(10,11)39(5,6)7)30-33(41-44(8,9)38(2,3)4)22-21-29-43(34-23-15-12-16-24-34,35-25-17-13-18-26-35)36-27-19-14-20-28-36/h12-20,23-28,31-33,37H,21-22,29-30H2,1-11H3/q+1/t32-,33-,37-/m1/s1. The lowest BCUT2D eigenvalue weighted by atomic mass is 9.99. The van der Waals surface area contributed by atoms with Crippen molar-refractivity contribution >= 4 is 46.1 Å². The maximum absolute atomic E-state index is 12.2. The second-order valence-corrected chi connectivity index (χ2v) is 29.0. The zero-order chi connectivity index (χ0) is 33.5. The van der Waals surface area contributed by atoms with Gasteiger partial charge in [0.25, 0.3) is 0 Å². The first-order valence-corrected chi connectivity index (χ1v) is 24.6. The van der Waals surface area contributed by atoms with E-state index in [9.17, 15) is 4.79 Å². The quantitative estimate of drug-likeness (QED) is 0.0923. The second-order valence-electron chi connectivity index (χ2n) is 15.8. The normalized spacial score (nSPS) is 15.4. The summed E-state index contributed by atoms with van der Waals surface area (Å²) in [6, 6.07) is 33.4. The highest BCUT2D eigenvalue weighted by Crippen LogP contribution is 2.56. The van der Waals surface area contributed by atoms with E-state index in [2.05, 4.69) is 159 Å². The smallest absolute Gasteiger partial charge is 0.192 e. The third-order valence-electron chi connectivity index (χ3n) is 10.4. The van der Waals surface area contributed by atoms with Gasteiger partial charge in [0.15, 0.2) is 16.6 Å². The summed E-state index contributed by atoms with van der Waals surface area (Å²) in [5.74, 6) is -0.186. The van der Waals surface area contributed by atoms with Crippen LogP contribution in [0.4, 0.5) is 0 Å². The van der Waals surface area contributed by atoms with Crippen molar-refractivity contribution in [2.24, 2.45) is 5.92 Å². The Morgan fingerprint density at radius 3 is 1.40 bits per heavy atom. The van der Waals surface area contributed by atoms with Crippen LogP contribution in [0.1, 0.15) is 67.7 Å². The van der Waals surface area contributed by atoms with Gasteiger partial charge in [-0.15, -0.1) is 0 Å². The van der Waals surface area contributed by atoms with E-state index >= 15 is 0 Å². The number of carbonyl (C=O) groups is 1. The molecule has 0 aliphatic carbocycles. The van der Waals surface area contributed by atoms with Crippen molar-refractivity contribution in [3.63, 3.8) is 0 Å². The van der Waals surface area contributed by atoms with E-state index in [-0.39, 0.29) is 28.2 Å². The fourth-order valence-corrected chi connectivity index (χ4v) is 12.7. The monoisotopic (exact) mass is 663 g/mol. The predicted molar refractivity (Wildman–Crippen MR) is 203 cm³/mol. The highest BCUT2D eigenvalue weighted by molar-refractivity contribution is 7.95.